The average Bonchev–Trinajstić information content (AvgIpc) is 3.08. The number of nitrogens with zero attached hydrogens (tertiary/aromatic N) is 2. The van der Waals surface area contributed by atoms with E-state index < -0.39 is 0 Å². The summed E-state index contributed by atoms with van der Waals surface area (Å²) in [6.07, 6.45) is 0. The van der Waals surface area contributed by atoms with Gasteiger partial charge in [-0.1, -0.05) is 53.8 Å². The van der Waals surface area contributed by atoms with Crippen LogP contribution in [0.4, 0.5) is 0 Å². The maximum absolute atomic E-state index is 12.2. The second-order valence-corrected chi connectivity index (χ2v) is 7.46. The molecule has 4 rings (SSSR count). The molecule has 6 heteroatoms. The third-order valence-electron chi connectivity index (χ3n) is 4.37. The molecule has 0 aliphatic carbocycles. The minimum absolute atomic E-state index is 0.113. The van der Waals surface area contributed by atoms with E-state index in [-0.39, 0.29) is 12.5 Å². The van der Waals surface area contributed by atoms with Crippen LogP contribution in [-0.2, 0) is 18.4 Å². The van der Waals surface area contributed by atoms with E-state index in [9.17, 15) is 4.79 Å². The van der Waals surface area contributed by atoms with Crippen molar-refractivity contribution in [1.82, 2.24) is 4.57 Å². The van der Waals surface area contributed by atoms with E-state index in [1.165, 1.54) is 11.3 Å². The number of benzene rings is 3. The summed E-state index contributed by atoms with van der Waals surface area (Å²) in [4.78, 5) is 17.1. The first-order valence-electron chi connectivity index (χ1n) is 9.21. The van der Waals surface area contributed by atoms with Gasteiger partial charge in [0.2, 0.25) is 0 Å². The van der Waals surface area contributed by atoms with Crippen LogP contribution in [0.5, 0.6) is 11.5 Å². The molecule has 0 aliphatic heterocycles. The monoisotopic (exact) mass is 404 g/mol. The molecule has 0 N–H and O–H groups in total. The zero-order valence-electron chi connectivity index (χ0n) is 15.9. The lowest BCUT2D eigenvalue weighted by atomic mass is 10.2. The highest BCUT2D eigenvalue weighted by Gasteiger charge is 2.06. The summed E-state index contributed by atoms with van der Waals surface area (Å²) in [5.41, 5.74) is 2.16. The SMILES string of the molecule is Cn1c(=NC(=O)COc2ccc(OCc3ccccc3)cc2)sc2ccccc21. The van der Waals surface area contributed by atoms with E-state index in [1.807, 2.05) is 78.3 Å². The fourth-order valence-electron chi connectivity index (χ4n) is 2.85. The first-order chi connectivity index (χ1) is 14.2. The van der Waals surface area contributed by atoms with Gasteiger partial charge in [-0.15, -0.1) is 0 Å². The van der Waals surface area contributed by atoms with Crippen LogP contribution >= 0.6 is 11.3 Å². The van der Waals surface area contributed by atoms with Crippen molar-refractivity contribution in [2.45, 2.75) is 6.61 Å². The number of aryl methyl sites for hydroxylation is 1. The Labute approximate surface area is 172 Å². The predicted molar refractivity (Wildman–Crippen MR) is 114 cm³/mol. The van der Waals surface area contributed by atoms with Gasteiger partial charge >= 0.3 is 0 Å². The van der Waals surface area contributed by atoms with Crippen molar-refractivity contribution >= 4 is 27.5 Å². The molecule has 1 heterocycles. The van der Waals surface area contributed by atoms with Crippen LogP contribution in [0.25, 0.3) is 10.2 Å². The van der Waals surface area contributed by atoms with E-state index in [2.05, 4.69) is 4.99 Å². The maximum atomic E-state index is 12.2. The second kappa shape index (κ2) is 8.75. The summed E-state index contributed by atoms with van der Waals surface area (Å²) in [6, 6.07) is 25.2. The number of rotatable bonds is 6. The van der Waals surface area contributed by atoms with Gasteiger partial charge in [-0.25, -0.2) is 0 Å². The molecule has 29 heavy (non-hydrogen) atoms. The van der Waals surface area contributed by atoms with Crippen molar-refractivity contribution in [3.63, 3.8) is 0 Å². The Bertz CT molecular complexity index is 1180. The van der Waals surface area contributed by atoms with Crippen molar-refractivity contribution in [2.75, 3.05) is 6.61 Å². The Kier molecular flexibility index (Phi) is 5.72. The van der Waals surface area contributed by atoms with Gasteiger partial charge in [-0.05, 0) is 42.0 Å². The lowest BCUT2D eigenvalue weighted by Gasteiger charge is -2.08. The average molecular weight is 404 g/mol. The summed E-state index contributed by atoms with van der Waals surface area (Å²) in [5, 5.41) is 0. The molecule has 0 fully saturated rings. The molecule has 0 saturated carbocycles. The third-order valence-corrected chi connectivity index (χ3v) is 5.48. The number of thiazole rings is 1. The van der Waals surface area contributed by atoms with Gasteiger partial charge in [0.05, 0.1) is 10.2 Å². The zero-order valence-corrected chi connectivity index (χ0v) is 16.8. The Hall–Kier alpha value is -3.38. The smallest absolute Gasteiger partial charge is 0.286 e. The molecule has 0 spiro atoms. The molecule has 4 aromatic rings. The molecule has 3 aromatic carbocycles. The van der Waals surface area contributed by atoms with E-state index in [4.69, 9.17) is 9.47 Å². The topological polar surface area (TPSA) is 52.8 Å². The van der Waals surface area contributed by atoms with E-state index >= 15 is 0 Å². The minimum Gasteiger partial charge on any atom is -0.489 e. The molecule has 0 bridgehead atoms. The molecule has 0 radical (unpaired) electrons. The van der Waals surface area contributed by atoms with Crippen LogP contribution in [0.2, 0.25) is 0 Å². The number of carbonyl (C=O) groups excluding carboxylic acids is 1. The van der Waals surface area contributed by atoms with Gasteiger partial charge in [0.25, 0.3) is 5.91 Å². The highest BCUT2D eigenvalue weighted by atomic mass is 32.1. The first-order valence-corrected chi connectivity index (χ1v) is 10.0. The van der Waals surface area contributed by atoms with Crippen molar-refractivity contribution in [3.05, 3.63) is 89.2 Å². The minimum atomic E-state index is -0.323. The van der Waals surface area contributed by atoms with Crippen LogP contribution < -0.4 is 14.3 Å². The molecule has 146 valence electrons. The second-order valence-electron chi connectivity index (χ2n) is 6.45. The number of ether oxygens (including phenoxy) is 2. The van der Waals surface area contributed by atoms with Crippen LogP contribution in [-0.4, -0.2) is 17.1 Å². The van der Waals surface area contributed by atoms with E-state index in [1.54, 1.807) is 12.1 Å². The molecular weight excluding hydrogens is 384 g/mol. The molecular formula is C23H20N2O3S. The highest BCUT2D eigenvalue weighted by Crippen LogP contribution is 2.19. The van der Waals surface area contributed by atoms with Crippen molar-refractivity contribution in [3.8, 4) is 11.5 Å². The number of hydrogen-bond donors (Lipinski definition) is 0. The van der Waals surface area contributed by atoms with Crippen LogP contribution in [0.15, 0.2) is 83.9 Å². The highest BCUT2D eigenvalue weighted by molar-refractivity contribution is 7.16. The number of fused-ring (bicyclic) bond motifs is 1. The van der Waals surface area contributed by atoms with Crippen molar-refractivity contribution < 1.29 is 14.3 Å². The zero-order chi connectivity index (χ0) is 20.1. The predicted octanol–water partition coefficient (Wildman–Crippen LogP) is 4.33. The lowest BCUT2D eigenvalue weighted by molar-refractivity contribution is -0.120. The van der Waals surface area contributed by atoms with Gasteiger partial charge in [0.1, 0.15) is 18.1 Å². The van der Waals surface area contributed by atoms with Crippen molar-refractivity contribution in [2.24, 2.45) is 12.0 Å². The number of aromatic nitrogens is 1. The Balaban J connectivity index is 1.34. The van der Waals surface area contributed by atoms with Gasteiger partial charge in [0.15, 0.2) is 11.4 Å². The van der Waals surface area contributed by atoms with Gasteiger partial charge in [-0.2, -0.15) is 4.99 Å². The molecule has 0 aliphatic rings. The molecule has 0 unspecified atom stereocenters. The summed E-state index contributed by atoms with van der Waals surface area (Å²) in [5.74, 6) is 1.02. The summed E-state index contributed by atoms with van der Waals surface area (Å²) >= 11 is 1.48. The van der Waals surface area contributed by atoms with E-state index in [0.717, 1.165) is 21.5 Å². The largest absolute Gasteiger partial charge is 0.489 e. The Morgan fingerprint density at radius 1 is 0.897 bits per heavy atom. The lowest BCUT2D eigenvalue weighted by Crippen LogP contribution is -2.17. The fraction of sp³-hybridized carbons (Fsp3) is 0.130. The maximum Gasteiger partial charge on any atom is 0.286 e. The summed E-state index contributed by atoms with van der Waals surface area (Å²) < 4.78 is 14.3. The molecule has 0 atom stereocenters. The first kappa shape index (κ1) is 19.0. The van der Waals surface area contributed by atoms with E-state index in [0.29, 0.717) is 17.2 Å². The number of hydrogen-bond acceptors (Lipinski definition) is 4. The van der Waals surface area contributed by atoms with Crippen LogP contribution in [0.1, 0.15) is 5.56 Å². The standard InChI is InChI=1S/C23H20N2O3S/c1-25-20-9-5-6-10-21(20)29-23(25)24-22(26)16-28-19-13-11-18(12-14-19)27-15-17-7-3-2-4-8-17/h2-14H,15-16H2,1H3. The Morgan fingerprint density at radius 3 is 2.28 bits per heavy atom. The fourth-order valence-corrected chi connectivity index (χ4v) is 3.88. The summed E-state index contributed by atoms with van der Waals surface area (Å²) in [7, 11) is 1.90. The third kappa shape index (κ3) is 4.73. The number of para-hydroxylation sites is 1. The van der Waals surface area contributed by atoms with Gasteiger partial charge in [0, 0.05) is 7.05 Å². The van der Waals surface area contributed by atoms with Gasteiger partial charge < -0.3 is 14.0 Å². The number of amides is 1. The van der Waals surface area contributed by atoms with Crippen LogP contribution in [0.3, 0.4) is 0 Å². The molecule has 1 amide bonds. The van der Waals surface area contributed by atoms with Crippen molar-refractivity contribution in [1.29, 1.82) is 0 Å². The number of carbonyl (C=O) groups is 1. The Morgan fingerprint density at radius 2 is 1.55 bits per heavy atom. The summed E-state index contributed by atoms with van der Waals surface area (Å²) in [6.45, 7) is 0.392. The molecule has 0 saturated heterocycles. The van der Waals surface area contributed by atoms with Crippen LogP contribution in [0, 0.1) is 0 Å². The normalized spacial score (nSPS) is 11.6. The van der Waals surface area contributed by atoms with Gasteiger partial charge in [-0.3, -0.25) is 4.79 Å². The molecule has 5 nitrogen and oxygen atoms in total. The molecule has 1 aromatic heterocycles. The quantitative estimate of drug-likeness (QED) is 0.481.